The molecule has 0 bridgehead atoms. The van der Waals surface area contributed by atoms with Crippen molar-refractivity contribution in [1.29, 1.82) is 0 Å². The highest BCUT2D eigenvalue weighted by Crippen LogP contribution is 2.08. The molecule has 0 aromatic rings. The largest absolute Gasteiger partial charge is 0.237 e. The molecule has 1 heteroatoms. The van der Waals surface area contributed by atoms with Crippen molar-refractivity contribution in [3.63, 3.8) is 0 Å². The molecular formula is C12H23O. The van der Waals surface area contributed by atoms with Gasteiger partial charge in [-0.3, -0.25) is 0 Å². The molecule has 0 fully saturated rings. The molecule has 0 aliphatic carbocycles. The van der Waals surface area contributed by atoms with Gasteiger partial charge in [-0.1, -0.05) is 44.3 Å². The van der Waals surface area contributed by atoms with Gasteiger partial charge >= 0.3 is 0 Å². The van der Waals surface area contributed by atoms with Crippen molar-refractivity contribution in [1.82, 2.24) is 0 Å². The second-order valence-electron chi connectivity index (χ2n) is 3.54. The van der Waals surface area contributed by atoms with Crippen LogP contribution in [0, 0.1) is 0 Å². The number of hydrogen-bond donors (Lipinski definition) is 0. The molecule has 0 heterocycles. The van der Waals surface area contributed by atoms with Crippen molar-refractivity contribution in [2.75, 3.05) is 6.61 Å². The first-order chi connectivity index (χ1) is 6.41. The minimum atomic E-state index is 0.112. The highest BCUT2D eigenvalue weighted by atomic mass is 16.2. The number of rotatable bonds is 9. The highest BCUT2D eigenvalue weighted by molar-refractivity contribution is 4.76. The van der Waals surface area contributed by atoms with Crippen molar-refractivity contribution in [3.05, 3.63) is 12.2 Å². The lowest BCUT2D eigenvalue weighted by atomic mass is 10.1. The first-order valence-corrected chi connectivity index (χ1v) is 5.61. The third-order valence-electron chi connectivity index (χ3n) is 2.25. The highest BCUT2D eigenvalue weighted by Gasteiger charge is 1.90. The average molecular weight is 183 g/mol. The summed E-state index contributed by atoms with van der Waals surface area (Å²) in [5.41, 5.74) is 0. The Balaban J connectivity index is 2.83. The van der Waals surface area contributed by atoms with Crippen LogP contribution in [0.5, 0.6) is 0 Å². The van der Waals surface area contributed by atoms with Crippen molar-refractivity contribution in [3.8, 4) is 0 Å². The predicted octanol–water partition coefficient (Wildman–Crippen LogP) is 4.11. The predicted molar refractivity (Wildman–Crippen MR) is 57.3 cm³/mol. The Labute approximate surface area is 82.9 Å². The maximum Gasteiger partial charge on any atom is 0.0822 e. The van der Waals surface area contributed by atoms with Gasteiger partial charge in [-0.05, 0) is 26.2 Å². The van der Waals surface area contributed by atoms with Gasteiger partial charge < -0.3 is 0 Å². The fourth-order valence-corrected chi connectivity index (χ4v) is 1.41. The van der Waals surface area contributed by atoms with Gasteiger partial charge in [0.05, 0.1) is 6.61 Å². The Morgan fingerprint density at radius 2 is 1.38 bits per heavy atom. The zero-order valence-corrected chi connectivity index (χ0v) is 8.93. The van der Waals surface area contributed by atoms with E-state index in [9.17, 15) is 5.11 Å². The van der Waals surface area contributed by atoms with Crippen molar-refractivity contribution in [2.45, 2.75) is 58.3 Å². The summed E-state index contributed by atoms with van der Waals surface area (Å²) >= 11 is 0. The maximum atomic E-state index is 10.1. The van der Waals surface area contributed by atoms with E-state index in [1.165, 1.54) is 38.5 Å². The summed E-state index contributed by atoms with van der Waals surface area (Å²) in [5.74, 6) is 0. The summed E-state index contributed by atoms with van der Waals surface area (Å²) in [6.45, 7) is 2.18. The number of unbranched alkanes of at least 4 members (excludes halogenated alkanes) is 7. The third kappa shape index (κ3) is 11.7. The molecule has 0 atom stereocenters. The van der Waals surface area contributed by atoms with Crippen LogP contribution in [-0.2, 0) is 5.11 Å². The first kappa shape index (κ1) is 12.7. The summed E-state index contributed by atoms with van der Waals surface area (Å²) in [6.07, 6.45) is 14.2. The summed E-state index contributed by atoms with van der Waals surface area (Å²) in [5, 5.41) is 10.1. The molecule has 0 aliphatic heterocycles. The van der Waals surface area contributed by atoms with Gasteiger partial charge in [0.1, 0.15) is 0 Å². The van der Waals surface area contributed by atoms with Crippen molar-refractivity contribution < 1.29 is 5.11 Å². The van der Waals surface area contributed by atoms with Gasteiger partial charge in [-0.2, -0.15) is 0 Å². The van der Waals surface area contributed by atoms with Crippen LogP contribution in [-0.4, -0.2) is 6.61 Å². The molecular weight excluding hydrogens is 160 g/mol. The van der Waals surface area contributed by atoms with Crippen LogP contribution in [0.25, 0.3) is 0 Å². The van der Waals surface area contributed by atoms with Crippen LogP contribution >= 0.6 is 0 Å². The Kier molecular flexibility index (Phi) is 11.4. The van der Waals surface area contributed by atoms with Crippen LogP contribution in [0.3, 0.4) is 0 Å². The van der Waals surface area contributed by atoms with E-state index in [1.54, 1.807) is 0 Å². The standard InChI is InChI=1S/C12H23O/c1-2-3-4-5-6-7-8-9-10-11-12-13/h2-3H,4-12H2,1H3/b3-2+. The molecule has 0 aliphatic rings. The minimum absolute atomic E-state index is 0.112. The molecule has 77 valence electrons. The Morgan fingerprint density at radius 1 is 0.846 bits per heavy atom. The lowest BCUT2D eigenvalue weighted by molar-refractivity contribution is 0.186. The average Bonchev–Trinajstić information content (AvgIpc) is 2.16. The van der Waals surface area contributed by atoms with E-state index in [2.05, 4.69) is 19.1 Å². The zero-order valence-electron chi connectivity index (χ0n) is 8.93. The first-order valence-electron chi connectivity index (χ1n) is 5.61. The summed E-state index contributed by atoms with van der Waals surface area (Å²) < 4.78 is 0. The van der Waals surface area contributed by atoms with E-state index in [1.807, 2.05) is 0 Å². The van der Waals surface area contributed by atoms with Gasteiger partial charge in [-0.25, -0.2) is 5.11 Å². The Morgan fingerprint density at radius 3 is 1.92 bits per heavy atom. The van der Waals surface area contributed by atoms with E-state index in [4.69, 9.17) is 0 Å². The molecule has 0 saturated carbocycles. The van der Waals surface area contributed by atoms with Crippen LogP contribution in [0.2, 0.25) is 0 Å². The zero-order chi connectivity index (χ0) is 9.78. The SMILES string of the molecule is C/C=C/CCCCCCCCC[O]. The van der Waals surface area contributed by atoms with Gasteiger partial charge in [-0.15, -0.1) is 0 Å². The molecule has 0 N–H and O–H groups in total. The van der Waals surface area contributed by atoms with Gasteiger partial charge in [0.2, 0.25) is 0 Å². The number of allylic oxidation sites excluding steroid dienone is 2. The van der Waals surface area contributed by atoms with E-state index >= 15 is 0 Å². The molecule has 0 spiro atoms. The van der Waals surface area contributed by atoms with E-state index in [0.717, 1.165) is 12.8 Å². The fraction of sp³-hybridized carbons (Fsp3) is 0.833. The summed E-state index contributed by atoms with van der Waals surface area (Å²) in [4.78, 5) is 0. The van der Waals surface area contributed by atoms with Crippen molar-refractivity contribution >= 4 is 0 Å². The van der Waals surface area contributed by atoms with Crippen LogP contribution in [0.4, 0.5) is 0 Å². The van der Waals surface area contributed by atoms with E-state index < -0.39 is 0 Å². The monoisotopic (exact) mass is 183 g/mol. The third-order valence-corrected chi connectivity index (χ3v) is 2.25. The molecule has 0 rings (SSSR count). The normalized spacial score (nSPS) is 11.2. The van der Waals surface area contributed by atoms with E-state index in [0.29, 0.717) is 0 Å². The molecule has 1 radical (unpaired) electrons. The maximum absolute atomic E-state index is 10.1. The van der Waals surface area contributed by atoms with Gasteiger partial charge in [0.15, 0.2) is 0 Å². The molecule has 13 heavy (non-hydrogen) atoms. The second-order valence-corrected chi connectivity index (χ2v) is 3.54. The summed E-state index contributed by atoms with van der Waals surface area (Å²) in [7, 11) is 0. The van der Waals surface area contributed by atoms with Gasteiger partial charge in [0, 0.05) is 0 Å². The van der Waals surface area contributed by atoms with Crippen molar-refractivity contribution in [2.24, 2.45) is 0 Å². The quantitative estimate of drug-likeness (QED) is 0.378. The molecule has 0 saturated heterocycles. The molecule has 0 unspecified atom stereocenters. The molecule has 0 aromatic heterocycles. The molecule has 0 aromatic carbocycles. The lowest BCUT2D eigenvalue weighted by Gasteiger charge is -1.98. The minimum Gasteiger partial charge on any atom is -0.237 e. The smallest absolute Gasteiger partial charge is 0.0822 e. The lowest BCUT2D eigenvalue weighted by Crippen LogP contribution is -1.82. The Bertz CT molecular complexity index is 108. The Hall–Kier alpha value is -0.300. The molecule has 1 nitrogen and oxygen atoms in total. The van der Waals surface area contributed by atoms with Crippen LogP contribution < -0.4 is 0 Å². The van der Waals surface area contributed by atoms with Crippen LogP contribution in [0.15, 0.2) is 12.2 Å². The fourth-order valence-electron chi connectivity index (χ4n) is 1.41. The topological polar surface area (TPSA) is 19.9 Å². The van der Waals surface area contributed by atoms with E-state index in [-0.39, 0.29) is 6.61 Å². The summed E-state index contributed by atoms with van der Waals surface area (Å²) in [6, 6.07) is 0. The van der Waals surface area contributed by atoms with Crippen LogP contribution in [0.1, 0.15) is 58.3 Å². The van der Waals surface area contributed by atoms with Gasteiger partial charge in [0.25, 0.3) is 0 Å². The number of hydrogen-bond acceptors (Lipinski definition) is 0. The molecule has 0 amide bonds. The second kappa shape index (κ2) is 11.7.